The molecule has 8 heteroatoms. The van der Waals surface area contributed by atoms with Crippen molar-refractivity contribution in [2.24, 2.45) is 0 Å². The SMILES string of the molecule is O=C(O)C(=O)N(Cc1ccc(C(=O)NCCc2ccc(-c3ccccc3)cc2)cc1)Cc1cc(Cl)cc(Cl)c1. The molecule has 39 heavy (non-hydrogen) atoms. The van der Waals surface area contributed by atoms with Gasteiger partial charge in [-0.1, -0.05) is 89.9 Å². The molecule has 2 amide bonds. The predicted molar refractivity (Wildman–Crippen MR) is 153 cm³/mol. The van der Waals surface area contributed by atoms with Crippen LogP contribution in [0, 0.1) is 0 Å². The zero-order valence-corrected chi connectivity index (χ0v) is 22.5. The van der Waals surface area contributed by atoms with Crippen molar-refractivity contribution in [1.29, 1.82) is 0 Å². The molecule has 4 aromatic carbocycles. The number of hydrogen-bond donors (Lipinski definition) is 2. The van der Waals surface area contributed by atoms with E-state index in [-0.39, 0.29) is 19.0 Å². The van der Waals surface area contributed by atoms with E-state index in [0.29, 0.717) is 39.7 Å². The average Bonchev–Trinajstić information content (AvgIpc) is 2.93. The molecule has 0 saturated carbocycles. The number of aliphatic carboxylic acids is 1. The van der Waals surface area contributed by atoms with Crippen LogP contribution in [0.4, 0.5) is 0 Å². The smallest absolute Gasteiger partial charge is 0.394 e. The highest BCUT2D eigenvalue weighted by atomic mass is 35.5. The van der Waals surface area contributed by atoms with Gasteiger partial charge in [0.05, 0.1) is 0 Å². The van der Waals surface area contributed by atoms with Gasteiger partial charge in [0.25, 0.3) is 5.91 Å². The third-order valence-corrected chi connectivity index (χ3v) is 6.55. The van der Waals surface area contributed by atoms with Gasteiger partial charge in [0.15, 0.2) is 0 Å². The van der Waals surface area contributed by atoms with Crippen molar-refractivity contribution < 1.29 is 19.5 Å². The maximum absolute atomic E-state index is 12.6. The summed E-state index contributed by atoms with van der Waals surface area (Å²) in [6.07, 6.45) is 0.693. The summed E-state index contributed by atoms with van der Waals surface area (Å²) in [5.41, 5.74) is 5.17. The maximum atomic E-state index is 12.6. The molecule has 0 spiro atoms. The van der Waals surface area contributed by atoms with E-state index in [1.165, 1.54) is 4.90 Å². The first kappa shape index (κ1) is 27.9. The Hall–Kier alpha value is -4.13. The highest BCUT2D eigenvalue weighted by molar-refractivity contribution is 6.34. The van der Waals surface area contributed by atoms with E-state index in [1.54, 1.807) is 42.5 Å². The minimum Gasteiger partial charge on any atom is -0.474 e. The van der Waals surface area contributed by atoms with Crippen molar-refractivity contribution >= 4 is 41.0 Å². The molecule has 0 radical (unpaired) electrons. The van der Waals surface area contributed by atoms with Gasteiger partial charge in [0.2, 0.25) is 0 Å². The van der Waals surface area contributed by atoms with Gasteiger partial charge in [-0.15, -0.1) is 0 Å². The van der Waals surface area contributed by atoms with Crippen LogP contribution >= 0.6 is 23.2 Å². The number of carboxylic acids is 1. The number of benzene rings is 4. The van der Waals surface area contributed by atoms with Crippen LogP contribution in [0.2, 0.25) is 10.0 Å². The van der Waals surface area contributed by atoms with Crippen molar-refractivity contribution in [2.45, 2.75) is 19.5 Å². The predicted octanol–water partition coefficient (Wildman–Crippen LogP) is 6.25. The van der Waals surface area contributed by atoms with Gasteiger partial charge >= 0.3 is 11.9 Å². The normalized spacial score (nSPS) is 10.6. The maximum Gasteiger partial charge on any atom is 0.394 e. The Balaban J connectivity index is 1.33. The number of carboxylic acid groups (broad SMARTS) is 1. The number of nitrogens with one attached hydrogen (secondary N) is 1. The van der Waals surface area contributed by atoms with E-state index in [4.69, 9.17) is 23.2 Å². The third-order valence-electron chi connectivity index (χ3n) is 6.12. The first-order chi connectivity index (χ1) is 18.8. The lowest BCUT2D eigenvalue weighted by Gasteiger charge is -2.21. The van der Waals surface area contributed by atoms with Crippen LogP contribution in [0.1, 0.15) is 27.0 Å². The van der Waals surface area contributed by atoms with Crippen molar-refractivity contribution in [1.82, 2.24) is 10.2 Å². The Kier molecular flexibility index (Phi) is 9.36. The van der Waals surface area contributed by atoms with E-state index in [1.807, 2.05) is 18.2 Å². The first-order valence-electron chi connectivity index (χ1n) is 12.3. The molecule has 0 aliphatic rings. The molecule has 0 unspecified atom stereocenters. The van der Waals surface area contributed by atoms with Crippen molar-refractivity contribution in [3.63, 3.8) is 0 Å². The summed E-state index contributed by atoms with van der Waals surface area (Å²) in [6.45, 7) is 0.532. The number of halogens is 2. The Morgan fingerprint density at radius 2 is 1.26 bits per heavy atom. The van der Waals surface area contributed by atoms with Crippen LogP contribution < -0.4 is 5.32 Å². The fourth-order valence-corrected chi connectivity index (χ4v) is 4.73. The van der Waals surface area contributed by atoms with Gasteiger partial charge in [0, 0.05) is 35.2 Å². The summed E-state index contributed by atoms with van der Waals surface area (Å²) >= 11 is 12.1. The van der Waals surface area contributed by atoms with E-state index in [9.17, 15) is 19.5 Å². The fraction of sp³-hybridized carbons (Fsp3) is 0.129. The van der Waals surface area contributed by atoms with E-state index in [0.717, 1.165) is 16.7 Å². The summed E-state index contributed by atoms with van der Waals surface area (Å²) in [6, 6.07) is 29.9. The van der Waals surface area contributed by atoms with Gasteiger partial charge in [-0.05, 0) is 64.6 Å². The molecule has 198 valence electrons. The second-order valence-electron chi connectivity index (χ2n) is 9.01. The summed E-state index contributed by atoms with van der Waals surface area (Å²) in [4.78, 5) is 37.5. The molecule has 0 aliphatic carbocycles. The molecule has 0 atom stereocenters. The molecule has 0 heterocycles. The number of nitrogens with zero attached hydrogens (tertiary/aromatic N) is 1. The highest BCUT2D eigenvalue weighted by Crippen LogP contribution is 2.22. The molecule has 2 N–H and O–H groups in total. The van der Waals surface area contributed by atoms with Crippen LogP contribution in [-0.4, -0.2) is 34.3 Å². The lowest BCUT2D eigenvalue weighted by molar-refractivity contribution is -0.156. The van der Waals surface area contributed by atoms with Gasteiger partial charge in [0.1, 0.15) is 0 Å². The lowest BCUT2D eigenvalue weighted by atomic mass is 10.0. The second kappa shape index (κ2) is 13.1. The molecule has 0 aliphatic heterocycles. The zero-order valence-electron chi connectivity index (χ0n) is 20.9. The largest absolute Gasteiger partial charge is 0.474 e. The van der Waals surface area contributed by atoms with Crippen molar-refractivity contribution in [3.05, 3.63) is 129 Å². The minimum absolute atomic E-state index is 0.0139. The van der Waals surface area contributed by atoms with Crippen LogP contribution in [0.5, 0.6) is 0 Å². The van der Waals surface area contributed by atoms with Gasteiger partial charge < -0.3 is 15.3 Å². The lowest BCUT2D eigenvalue weighted by Crippen LogP contribution is -2.35. The summed E-state index contributed by atoms with van der Waals surface area (Å²) in [5, 5.41) is 13.0. The Morgan fingerprint density at radius 1 is 0.692 bits per heavy atom. The number of carbonyl (C=O) groups is 3. The van der Waals surface area contributed by atoms with E-state index in [2.05, 4.69) is 41.7 Å². The van der Waals surface area contributed by atoms with Crippen LogP contribution in [0.3, 0.4) is 0 Å². The van der Waals surface area contributed by atoms with Gasteiger partial charge in [-0.3, -0.25) is 9.59 Å². The highest BCUT2D eigenvalue weighted by Gasteiger charge is 2.22. The molecular formula is C31H26Cl2N2O4. The van der Waals surface area contributed by atoms with E-state index < -0.39 is 11.9 Å². The molecule has 4 aromatic rings. The van der Waals surface area contributed by atoms with Gasteiger partial charge in [-0.25, -0.2) is 4.79 Å². The Bertz CT molecular complexity index is 1440. The molecular weight excluding hydrogens is 535 g/mol. The number of carbonyl (C=O) groups excluding carboxylic acids is 2. The molecule has 6 nitrogen and oxygen atoms in total. The summed E-state index contributed by atoms with van der Waals surface area (Å²) < 4.78 is 0. The quantitative estimate of drug-likeness (QED) is 0.237. The zero-order chi connectivity index (χ0) is 27.8. The van der Waals surface area contributed by atoms with Crippen LogP contribution in [-0.2, 0) is 29.1 Å². The Labute approximate surface area is 236 Å². The summed E-state index contributed by atoms with van der Waals surface area (Å²) in [7, 11) is 0. The molecule has 0 fully saturated rings. The van der Waals surface area contributed by atoms with Crippen molar-refractivity contribution in [3.8, 4) is 11.1 Å². The standard InChI is InChI=1S/C31H26Cl2N2O4/c32-27-16-23(17-28(33)18-27)20-35(30(37)31(38)39)19-22-8-12-26(13-9-22)29(36)34-15-14-21-6-10-25(11-7-21)24-4-2-1-3-5-24/h1-13,16-18H,14-15,19-20H2,(H,34,36)(H,38,39). The van der Waals surface area contributed by atoms with Crippen LogP contribution in [0.15, 0.2) is 97.1 Å². The minimum atomic E-state index is -1.56. The second-order valence-corrected chi connectivity index (χ2v) is 9.88. The first-order valence-corrected chi connectivity index (χ1v) is 13.0. The number of rotatable bonds is 9. The van der Waals surface area contributed by atoms with E-state index >= 15 is 0 Å². The molecule has 0 bridgehead atoms. The molecule has 0 saturated heterocycles. The monoisotopic (exact) mass is 560 g/mol. The topological polar surface area (TPSA) is 86.7 Å². The van der Waals surface area contributed by atoms with Crippen molar-refractivity contribution in [2.75, 3.05) is 6.54 Å². The molecule has 0 aromatic heterocycles. The van der Waals surface area contributed by atoms with Crippen LogP contribution in [0.25, 0.3) is 11.1 Å². The molecule has 4 rings (SSSR count). The number of hydrogen-bond acceptors (Lipinski definition) is 3. The number of amides is 2. The third kappa shape index (κ3) is 7.93. The Morgan fingerprint density at radius 3 is 1.87 bits per heavy atom. The fourth-order valence-electron chi connectivity index (χ4n) is 4.16. The summed E-state index contributed by atoms with van der Waals surface area (Å²) in [5.74, 6) is -2.83. The average molecular weight is 561 g/mol. The van der Waals surface area contributed by atoms with Gasteiger partial charge in [-0.2, -0.15) is 0 Å².